The number of nitrogen functional groups attached to an aromatic ring is 1. The maximum Gasteiger partial charge on any atom is 0.239 e. The Labute approximate surface area is 96.0 Å². The standard InChI is InChI=1S/C11H19N5/c1-8-7-13-11(15-12)14-10(8)16(2)9-5-3-4-6-9/h7,9H,3-6,12H2,1-2H3,(H,13,14,15). The molecule has 0 radical (unpaired) electrons. The van der Waals surface area contributed by atoms with E-state index in [1.165, 1.54) is 25.7 Å². The van der Waals surface area contributed by atoms with Gasteiger partial charge in [-0.3, -0.25) is 5.43 Å². The number of hydrazine groups is 1. The molecule has 5 nitrogen and oxygen atoms in total. The molecule has 0 unspecified atom stereocenters. The molecule has 16 heavy (non-hydrogen) atoms. The first-order chi connectivity index (χ1) is 7.72. The van der Waals surface area contributed by atoms with Crippen molar-refractivity contribution in [2.24, 2.45) is 5.84 Å². The summed E-state index contributed by atoms with van der Waals surface area (Å²) < 4.78 is 0. The molecule has 1 saturated carbocycles. The fourth-order valence-corrected chi connectivity index (χ4v) is 2.32. The lowest BCUT2D eigenvalue weighted by molar-refractivity contribution is 0.644. The van der Waals surface area contributed by atoms with Gasteiger partial charge in [-0.05, 0) is 19.8 Å². The smallest absolute Gasteiger partial charge is 0.239 e. The van der Waals surface area contributed by atoms with E-state index in [4.69, 9.17) is 5.84 Å². The Balaban J connectivity index is 2.23. The summed E-state index contributed by atoms with van der Waals surface area (Å²) in [5.41, 5.74) is 3.58. The zero-order valence-electron chi connectivity index (χ0n) is 9.90. The van der Waals surface area contributed by atoms with E-state index in [0.717, 1.165) is 11.4 Å². The highest BCUT2D eigenvalue weighted by Crippen LogP contribution is 2.27. The van der Waals surface area contributed by atoms with Crippen LogP contribution in [-0.4, -0.2) is 23.1 Å². The Bertz CT molecular complexity index is 359. The number of hydrogen-bond donors (Lipinski definition) is 2. The van der Waals surface area contributed by atoms with Crippen LogP contribution in [0.5, 0.6) is 0 Å². The van der Waals surface area contributed by atoms with Crippen LogP contribution in [0, 0.1) is 6.92 Å². The molecule has 1 heterocycles. The minimum atomic E-state index is 0.477. The highest BCUT2D eigenvalue weighted by Gasteiger charge is 2.22. The first kappa shape index (κ1) is 11.1. The van der Waals surface area contributed by atoms with E-state index in [2.05, 4.69) is 27.3 Å². The molecule has 1 aliphatic rings. The van der Waals surface area contributed by atoms with Crippen LogP contribution < -0.4 is 16.2 Å². The molecule has 2 rings (SSSR count). The predicted molar refractivity (Wildman–Crippen MR) is 65.2 cm³/mol. The van der Waals surface area contributed by atoms with E-state index in [0.29, 0.717) is 12.0 Å². The fourth-order valence-electron chi connectivity index (χ4n) is 2.32. The molecule has 0 bridgehead atoms. The summed E-state index contributed by atoms with van der Waals surface area (Å²) in [7, 11) is 2.10. The van der Waals surface area contributed by atoms with E-state index < -0.39 is 0 Å². The largest absolute Gasteiger partial charge is 0.356 e. The van der Waals surface area contributed by atoms with Crippen molar-refractivity contribution in [2.45, 2.75) is 38.6 Å². The molecule has 0 aromatic carbocycles. The summed E-state index contributed by atoms with van der Waals surface area (Å²) >= 11 is 0. The molecule has 0 saturated heterocycles. The van der Waals surface area contributed by atoms with E-state index in [1.807, 2.05) is 13.1 Å². The second-order valence-corrected chi connectivity index (χ2v) is 4.39. The molecule has 1 fully saturated rings. The van der Waals surface area contributed by atoms with Gasteiger partial charge in [-0.25, -0.2) is 10.8 Å². The van der Waals surface area contributed by atoms with E-state index in [-0.39, 0.29) is 0 Å². The van der Waals surface area contributed by atoms with Crippen LogP contribution in [0.25, 0.3) is 0 Å². The molecular formula is C11H19N5. The molecule has 3 N–H and O–H groups in total. The van der Waals surface area contributed by atoms with Crippen LogP contribution in [0.1, 0.15) is 31.2 Å². The number of nitrogens with two attached hydrogens (primary N) is 1. The summed E-state index contributed by atoms with van der Waals surface area (Å²) in [6.07, 6.45) is 6.96. The van der Waals surface area contributed by atoms with E-state index in [9.17, 15) is 0 Å². The Kier molecular flexibility index (Phi) is 3.24. The normalized spacial score (nSPS) is 16.4. The molecule has 1 aromatic heterocycles. The summed E-state index contributed by atoms with van der Waals surface area (Å²) in [6.45, 7) is 2.03. The first-order valence-electron chi connectivity index (χ1n) is 5.75. The third-order valence-corrected chi connectivity index (χ3v) is 3.28. The number of hydrogen-bond acceptors (Lipinski definition) is 5. The zero-order chi connectivity index (χ0) is 11.5. The van der Waals surface area contributed by atoms with Gasteiger partial charge in [-0.15, -0.1) is 0 Å². The Morgan fingerprint density at radius 3 is 2.75 bits per heavy atom. The van der Waals surface area contributed by atoms with Crippen LogP contribution in [-0.2, 0) is 0 Å². The van der Waals surface area contributed by atoms with Gasteiger partial charge >= 0.3 is 0 Å². The van der Waals surface area contributed by atoms with Crippen LogP contribution in [0.2, 0.25) is 0 Å². The summed E-state index contributed by atoms with van der Waals surface area (Å²) in [5.74, 6) is 6.79. The molecule has 0 amide bonds. The third-order valence-electron chi connectivity index (χ3n) is 3.28. The Morgan fingerprint density at radius 1 is 1.44 bits per heavy atom. The molecule has 1 aromatic rings. The lowest BCUT2D eigenvalue weighted by atomic mass is 10.2. The zero-order valence-corrected chi connectivity index (χ0v) is 9.90. The molecule has 0 atom stereocenters. The second-order valence-electron chi connectivity index (χ2n) is 4.39. The van der Waals surface area contributed by atoms with Gasteiger partial charge in [-0.2, -0.15) is 4.98 Å². The van der Waals surface area contributed by atoms with Crippen molar-refractivity contribution in [1.82, 2.24) is 9.97 Å². The monoisotopic (exact) mass is 221 g/mol. The van der Waals surface area contributed by atoms with Gasteiger partial charge in [0.15, 0.2) is 0 Å². The maximum absolute atomic E-state index is 5.33. The number of nitrogens with zero attached hydrogens (tertiary/aromatic N) is 3. The van der Waals surface area contributed by atoms with Gasteiger partial charge in [0.25, 0.3) is 0 Å². The van der Waals surface area contributed by atoms with Gasteiger partial charge in [0.2, 0.25) is 5.95 Å². The SMILES string of the molecule is Cc1cnc(NN)nc1N(C)C1CCCC1. The predicted octanol–water partition coefficient (Wildman–Crippen LogP) is 1.45. The molecule has 0 aliphatic heterocycles. The number of rotatable bonds is 3. The van der Waals surface area contributed by atoms with Crippen molar-refractivity contribution in [3.8, 4) is 0 Å². The minimum Gasteiger partial charge on any atom is -0.356 e. The Hall–Kier alpha value is -1.36. The van der Waals surface area contributed by atoms with Crippen LogP contribution in [0.15, 0.2) is 6.20 Å². The maximum atomic E-state index is 5.33. The molecule has 5 heteroatoms. The van der Waals surface area contributed by atoms with Crippen molar-refractivity contribution >= 4 is 11.8 Å². The average Bonchev–Trinajstić information content (AvgIpc) is 2.82. The average molecular weight is 221 g/mol. The Morgan fingerprint density at radius 2 is 2.12 bits per heavy atom. The van der Waals surface area contributed by atoms with Crippen LogP contribution in [0.4, 0.5) is 11.8 Å². The van der Waals surface area contributed by atoms with Crippen molar-refractivity contribution in [3.05, 3.63) is 11.8 Å². The van der Waals surface area contributed by atoms with Gasteiger partial charge < -0.3 is 4.90 Å². The number of nitrogens with one attached hydrogen (secondary N) is 1. The van der Waals surface area contributed by atoms with Crippen LogP contribution >= 0.6 is 0 Å². The lowest BCUT2D eigenvalue weighted by Gasteiger charge is -2.26. The van der Waals surface area contributed by atoms with Crippen molar-refractivity contribution in [3.63, 3.8) is 0 Å². The van der Waals surface area contributed by atoms with Gasteiger partial charge in [-0.1, -0.05) is 12.8 Å². The van der Waals surface area contributed by atoms with Gasteiger partial charge in [0, 0.05) is 24.8 Å². The molecule has 0 spiro atoms. The van der Waals surface area contributed by atoms with E-state index in [1.54, 1.807) is 0 Å². The third kappa shape index (κ3) is 2.09. The molecular weight excluding hydrogens is 202 g/mol. The highest BCUT2D eigenvalue weighted by atomic mass is 15.3. The first-order valence-corrected chi connectivity index (χ1v) is 5.75. The molecule has 1 aliphatic carbocycles. The number of aryl methyl sites for hydroxylation is 1. The van der Waals surface area contributed by atoms with Gasteiger partial charge in [0.05, 0.1) is 0 Å². The van der Waals surface area contributed by atoms with Crippen molar-refractivity contribution in [2.75, 3.05) is 17.4 Å². The fraction of sp³-hybridized carbons (Fsp3) is 0.636. The lowest BCUT2D eigenvalue weighted by Crippen LogP contribution is -2.30. The number of anilines is 2. The quantitative estimate of drug-likeness (QED) is 0.597. The summed E-state index contributed by atoms with van der Waals surface area (Å²) in [5, 5.41) is 0. The van der Waals surface area contributed by atoms with E-state index >= 15 is 0 Å². The minimum absolute atomic E-state index is 0.477. The molecule has 88 valence electrons. The van der Waals surface area contributed by atoms with Gasteiger partial charge in [0.1, 0.15) is 5.82 Å². The second kappa shape index (κ2) is 4.65. The summed E-state index contributed by atoms with van der Waals surface area (Å²) in [4.78, 5) is 10.8. The number of aromatic nitrogens is 2. The topological polar surface area (TPSA) is 67.1 Å². The highest BCUT2D eigenvalue weighted by molar-refractivity contribution is 5.49. The van der Waals surface area contributed by atoms with Crippen molar-refractivity contribution in [1.29, 1.82) is 0 Å². The van der Waals surface area contributed by atoms with Crippen LogP contribution in [0.3, 0.4) is 0 Å². The van der Waals surface area contributed by atoms with Crippen molar-refractivity contribution < 1.29 is 0 Å². The summed E-state index contributed by atoms with van der Waals surface area (Å²) in [6, 6.07) is 0.610.